The normalized spacial score (nSPS) is 20.2. The molecule has 1 aromatic heterocycles. The first-order valence-electron chi connectivity index (χ1n) is 6.05. The van der Waals surface area contributed by atoms with Crippen molar-refractivity contribution >= 4 is 0 Å². The molecule has 17 heavy (non-hydrogen) atoms. The number of hydrogen-bond donors (Lipinski definition) is 0. The Morgan fingerprint density at radius 1 is 1.18 bits per heavy atom. The standard InChI is InChI=1S/C15H17NO/c1-11-3-5-12(6-4-11)14-9-16(2)10-15-13(14)7-8-17-15/h3-8,14H,9-10H2,1-2H3. The summed E-state index contributed by atoms with van der Waals surface area (Å²) >= 11 is 0. The van der Waals surface area contributed by atoms with Gasteiger partial charge in [0, 0.05) is 18.0 Å². The van der Waals surface area contributed by atoms with Gasteiger partial charge in [-0.15, -0.1) is 0 Å². The molecule has 0 spiro atoms. The predicted octanol–water partition coefficient (Wildman–Crippen LogP) is 3.17. The molecule has 1 unspecified atom stereocenters. The Kier molecular flexibility index (Phi) is 2.52. The van der Waals surface area contributed by atoms with Crippen LogP contribution in [0.25, 0.3) is 0 Å². The average molecular weight is 227 g/mol. The fourth-order valence-corrected chi connectivity index (χ4v) is 2.59. The molecule has 2 aromatic rings. The van der Waals surface area contributed by atoms with Gasteiger partial charge in [-0.1, -0.05) is 29.8 Å². The van der Waals surface area contributed by atoms with Crippen LogP contribution in [0.4, 0.5) is 0 Å². The van der Waals surface area contributed by atoms with Crippen molar-refractivity contribution in [3.8, 4) is 0 Å². The summed E-state index contributed by atoms with van der Waals surface area (Å²) in [5.74, 6) is 1.56. The van der Waals surface area contributed by atoms with E-state index in [0.29, 0.717) is 5.92 Å². The minimum Gasteiger partial charge on any atom is -0.468 e. The van der Waals surface area contributed by atoms with Gasteiger partial charge >= 0.3 is 0 Å². The van der Waals surface area contributed by atoms with E-state index in [0.717, 1.165) is 18.8 Å². The molecule has 0 amide bonds. The predicted molar refractivity (Wildman–Crippen MR) is 68.1 cm³/mol. The van der Waals surface area contributed by atoms with Crippen molar-refractivity contribution in [2.45, 2.75) is 19.4 Å². The van der Waals surface area contributed by atoms with Gasteiger partial charge < -0.3 is 4.42 Å². The molecular weight excluding hydrogens is 210 g/mol. The zero-order valence-corrected chi connectivity index (χ0v) is 10.3. The van der Waals surface area contributed by atoms with Crippen LogP contribution in [0.15, 0.2) is 41.0 Å². The second kappa shape index (κ2) is 4.04. The third-order valence-electron chi connectivity index (χ3n) is 3.54. The Hall–Kier alpha value is -1.54. The zero-order chi connectivity index (χ0) is 11.8. The van der Waals surface area contributed by atoms with Gasteiger partial charge in [0.25, 0.3) is 0 Å². The smallest absolute Gasteiger partial charge is 0.121 e. The average Bonchev–Trinajstić information content (AvgIpc) is 2.77. The van der Waals surface area contributed by atoms with Crippen molar-refractivity contribution in [2.24, 2.45) is 0 Å². The number of nitrogens with zero attached hydrogens (tertiary/aromatic N) is 1. The molecule has 0 fully saturated rings. The molecule has 2 heterocycles. The molecule has 2 nitrogen and oxygen atoms in total. The van der Waals surface area contributed by atoms with Crippen LogP contribution in [0.5, 0.6) is 0 Å². The van der Waals surface area contributed by atoms with Crippen LogP contribution in [0.3, 0.4) is 0 Å². The maximum atomic E-state index is 5.56. The maximum Gasteiger partial charge on any atom is 0.121 e. The van der Waals surface area contributed by atoms with Gasteiger partial charge in [0.05, 0.1) is 12.8 Å². The van der Waals surface area contributed by atoms with Crippen molar-refractivity contribution in [2.75, 3.05) is 13.6 Å². The first-order valence-corrected chi connectivity index (χ1v) is 6.05. The van der Waals surface area contributed by atoms with E-state index >= 15 is 0 Å². The quantitative estimate of drug-likeness (QED) is 0.744. The fourth-order valence-electron chi connectivity index (χ4n) is 2.59. The van der Waals surface area contributed by atoms with Crippen molar-refractivity contribution in [3.05, 3.63) is 59.0 Å². The SMILES string of the molecule is Cc1ccc(C2CN(C)Cc3occc32)cc1. The summed E-state index contributed by atoms with van der Waals surface area (Å²) in [5, 5.41) is 0. The Balaban J connectivity index is 2.01. The highest BCUT2D eigenvalue weighted by atomic mass is 16.3. The molecule has 2 heteroatoms. The molecule has 0 N–H and O–H groups in total. The van der Waals surface area contributed by atoms with Crippen LogP contribution in [0.1, 0.15) is 28.4 Å². The van der Waals surface area contributed by atoms with Gasteiger partial charge in [-0.25, -0.2) is 0 Å². The van der Waals surface area contributed by atoms with Crippen LogP contribution in [-0.2, 0) is 6.54 Å². The van der Waals surface area contributed by atoms with Crippen LogP contribution >= 0.6 is 0 Å². The molecule has 88 valence electrons. The monoisotopic (exact) mass is 227 g/mol. The summed E-state index contributed by atoms with van der Waals surface area (Å²) in [6.45, 7) is 4.11. The fraction of sp³-hybridized carbons (Fsp3) is 0.333. The summed E-state index contributed by atoms with van der Waals surface area (Å²) in [4.78, 5) is 2.32. The Bertz CT molecular complexity index is 512. The van der Waals surface area contributed by atoms with E-state index in [1.807, 2.05) is 6.26 Å². The molecule has 3 rings (SSSR count). The Morgan fingerprint density at radius 3 is 2.71 bits per heavy atom. The highest BCUT2D eigenvalue weighted by molar-refractivity contribution is 5.37. The number of hydrogen-bond acceptors (Lipinski definition) is 2. The molecule has 0 bridgehead atoms. The minimum absolute atomic E-state index is 0.447. The van der Waals surface area contributed by atoms with Crippen molar-refractivity contribution in [1.29, 1.82) is 0 Å². The van der Waals surface area contributed by atoms with Crippen LogP contribution in [0, 0.1) is 6.92 Å². The van der Waals surface area contributed by atoms with E-state index in [1.54, 1.807) is 0 Å². The first-order chi connectivity index (χ1) is 8.24. The highest BCUT2D eigenvalue weighted by Crippen LogP contribution is 2.33. The van der Waals surface area contributed by atoms with Gasteiger partial charge in [-0.2, -0.15) is 0 Å². The van der Waals surface area contributed by atoms with Gasteiger partial charge in [0.2, 0.25) is 0 Å². The van der Waals surface area contributed by atoms with Crippen LogP contribution in [-0.4, -0.2) is 18.5 Å². The van der Waals surface area contributed by atoms with Crippen molar-refractivity contribution in [1.82, 2.24) is 4.90 Å². The van der Waals surface area contributed by atoms with Crippen LogP contribution in [0.2, 0.25) is 0 Å². The number of fused-ring (bicyclic) bond motifs is 1. The number of furan rings is 1. The van der Waals surface area contributed by atoms with Crippen molar-refractivity contribution in [3.63, 3.8) is 0 Å². The Labute approximate surface area is 102 Å². The zero-order valence-electron chi connectivity index (χ0n) is 10.3. The molecule has 1 aliphatic rings. The first kappa shape index (κ1) is 10.6. The van der Waals surface area contributed by atoms with E-state index < -0.39 is 0 Å². The van der Waals surface area contributed by atoms with Gasteiger partial charge in [0.15, 0.2) is 0 Å². The number of aryl methyl sites for hydroxylation is 1. The number of rotatable bonds is 1. The molecule has 0 radical (unpaired) electrons. The maximum absolute atomic E-state index is 5.56. The molecular formula is C15H17NO. The molecule has 1 aromatic carbocycles. The third kappa shape index (κ3) is 1.89. The number of benzene rings is 1. The lowest BCUT2D eigenvalue weighted by Gasteiger charge is -2.29. The largest absolute Gasteiger partial charge is 0.468 e. The van der Waals surface area contributed by atoms with Gasteiger partial charge in [-0.3, -0.25) is 4.90 Å². The topological polar surface area (TPSA) is 16.4 Å². The van der Waals surface area contributed by atoms with Crippen molar-refractivity contribution < 1.29 is 4.42 Å². The molecule has 0 saturated carbocycles. The summed E-state index contributed by atoms with van der Waals surface area (Å²) in [5.41, 5.74) is 4.04. The lowest BCUT2D eigenvalue weighted by Crippen LogP contribution is -2.30. The molecule has 1 atom stereocenters. The minimum atomic E-state index is 0.447. The highest BCUT2D eigenvalue weighted by Gasteiger charge is 2.26. The van der Waals surface area contributed by atoms with E-state index in [-0.39, 0.29) is 0 Å². The van der Waals surface area contributed by atoms with E-state index in [1.165, 1.54) is 16.7 Å². The Morgan fingerprint density at radius 2 is 1.94 bits per heavy atom. The lowest BCUT2D eigenvalue weighted by atomic mass is 9.88. The van der Waals surface area contributed by atoms with E-state index in [4.69, 9.17) is 4.42 Å². The summed E-state index contributed by atoms with van der Waals surface area (Å²) < 4.78 is 5.56. The van der Waals surface area contributed by atoms with E-state index in [9.17, 15) is 0 Å². The second-order valence-corrected chi connectivity index (χ2v) is 4.96. The summed E-state index contributed by atoms with van der Waals surface area (Å²) in [6.07, 6.45) is 1.81. The summed E-state index contributed by atoms with van der Waals surface area (Å²) in [6, 6.07) is 11.0. The van der Waals surface area contributed by atoms with Gasteiger partial charge in [-0.05, 0) is 25.6 Å². The number of likely N-dealkylation sites (N-methyl/N-ethyl adjacent to an activating group) is 1. The van der Waals surface area contributed by atoms with Crippen LogP contribution < -0.4 is 0 Å². The second-order valence-electron chi connectivity index (χ2n) is 4.96. The van der Waals surface area contributed by atoms with E-state index in [2.05, 4.69) is 49.2 Å². The molecule has 1 aliphatic heterocycles. The molecule has 0 saturated heterocycles. The third-order valence-corrected chi connectivity index (χ3v) is 3.54. The summed E-state index contributed by atoms with van der Waals surface area (Å²) in [7, 11) is 2.15. The lowest BCUT2D eigenvalue weighted by molar-refractivity contribution is 0.262. The molecule has 0 aliphatic carbocycles. The van der Waals surface area contributed by atoms with Gasteiger partial charge in [0.1, 0.15) is 5.76 Å².